The van der Waals surface area contributed by atoms with Gasteiger partial charge in [-0.2, -0.15) is 4.31 Å². The largest absolute Gasteiger partial charge is 0.398 e. The number of nitrogens with two attached hydrogens (primary N) is 1. The molecule has 1 aromatic carbocycles. The van der Waals surface area contributed by atoms with Crippen molar-refractivity contribution in [1.29, 1.82) is 0 Å². The molecule has 2 fully saturated rings. The van der Waals surface area contributed by atoms with Crippen molar-refractivity contribution in [3.05, 3.63) is 24.3 Å². The number of nitrogen functional groups attached to an aromatic ring is 1. The fourth-order valence-corrected chi connectivity index (χ4v) is 5.00. The van der Waals surface area contributed by atoms with Crippen LogP contribution in [0.3, 0.4) is 0 Å². The van der Waals surface area contributed by atoms with Crippen molar-refractivity contribution < 1.29 is 8.42 Å². The molecule has 2 N–H and O–H groups in total. The van der Waals surface area contributed by atoms with Crippen molar-refractivity contribution in [2.45, 2.75) is 36.6 Å². The van der Waals surface area contributed by atoms with Crippen molar-refractivity contribution in [3.8, 4) is 0 Å². The second-order valence-corrected chi connectivity index (χ2v) is 7.82. The van der Waals surface area contributed by atoms with Crippen LogP contribution in [0.1, 0.15) is 25.7 Å². The minimum Gasteiger partial charge on any atom is -0.398 e. The Hall–Kier alpha value is -1.11. The van der Waals surface area contributed by atoms with E-state index in [4.69, 9.17) is 5.73 Å². The van der Waals surface area contributed by atoms with Crippen LogP contribution in [0, 0.1) is 0 Å². The first-order valence-electron chi connectivity index (χ1n) is 7.68. The molecule has 0 bridgehead atoms. The van der Waals surface area contributed by atoms with Gasteiger partial charge in [0.25, 0.3) is 0 Å². The highest BCUT2D eigenvalue weighted by Crippen LogP contribution is 2.27. The molecule has 2 aliphatic rings. The van der Waals surface area contributed by atoms with Gasteiger partial charge in [-0.3, -0.25) is 0 Å². The smallest absolute Gasteiger partial charge is 0.245 e. The van der Waals surface area contributed by atoms with Crippen molar-refractivity contribution in [3.63, 3.8) is 0 Å². The van der Waals surface area contributed by atoms with Gasteiger partial charge in [0, 0.05) is 19.1 Å². The van der Waals surface area contributed by atoms with Gasteiger partial charge in [0.1, 0.15) is 4.90 Å². The summed E-state index contributed by atoms with van der Waals surface area (Å²) in [5.74, 6) is 0. The first kappa shape index (κ1) is 14.8. The van der Waals surface area contributed by atoms with Crippen molar-refractivity contribution in [1.82, 2.24) is 9.21 Å². The lowest BCUT2D eigenvalue weighted by Gasteiger charge is -2.36. The number of sulfonamides is 1. The molecule has 0 aromatic heterocycles. The van der Waals surface area contributed by atoms with E-state index in [0.29, 0.717) is 24.8 Å². The number of benzene rings is 1. The number of rotatable bonds is 3. The number of hydrogen-bond acceptors (Lipinski definition) is 4. The summed E-state index contributed by atoms with van der Waals surface area (Å²) in [5.41, 5.74) is 6.16. The number of nitrogens with zero attached hydrogens (tertiary/aromatic N) is 2. The third kappa shape index (κ3) is 2.93. The van der Waals surface area contributed by atoms with Gasteiger partial charge in [0.2, 0.25) is 10.0 Å². The van der Waals surface area contributed by atoms with Crippen LogP contribution in [0.15, 0.2) is 29.2 Å². The lowest BCUT2D eigenvalue weighted by Crippen LogP contribution is -2.45. The van der Waals surface area contributed by atoms with E-state index in [1.54, 1.807) is 28.6 Å². The zero-order valence-corrected chi connectivity index (χ0v) is 13.1. The van der Waals surface area contributed by atoms with Crippen LogP contribution in [0.5, 0.6) is 0 Å². The summed E-state index contributed by atoms with van der Waals surface area (Å²) in [6, 6.07) is 7.27. The molecule has 0 spiro atoms. The second kappa shape index (κ2) is 5.94. The molecule has 0 radical (unpaired) electrons. The van der Waals surface area contributed by atoms with Gasteiger partial charge in [0.05, 0.1) is 5.69 Å². The summed E-state index contributed by atoms with van der Waals surface area (Å²) in [6.45, 7) is 3.53. The third-order valence-electron chi connectivity index (χ3n) is 4.62. The predicted molar refractivity (Wildman–Crippen MR) is 83.4 cm³/mol. The third-order valence-corrected chi connectivity index (χ3v) is 6.59. The lowest BCUT2D eigenvalue weighted by atomic mass is 10.1. The Bertz CT molecular complexity index is 589. The monoisotopic (exact) mass is 309 g/mol. The van der Waals surface area contributed by atoms with Gasteiger partial charge in [0.15, 0.2) is 0 Å². The van der Waals surface area contributed by atoms with Crippen molar-refractivity contribution >= 4 is 15.7 Å². The standard InChI is InChI=1S/C15H23N3O2S/c16-14-5-1-2-6-15(14)21(19,20)18-11-7-13(8-12-18)17-9-3-4-10-17/h1-2,5-6,13H,3-4,7-12,16H2. The van der Waals surface area contributed by atoms with Crippen molar-refractivity contribution in [2.24, 2.45) is 0 Å². The predicted octanol–water partition coefficient (Wildman–Crippen LogP) is 1.52. The zero-order chi connectivity index (χ0) is 14.9. The Labute approximate surface area is 126 Å². The van der Waals surface area contributed by atoms with E-state index in [9.17, 15) is 8.42 Å². The van der Waals surface area contributed by atoms with Crippen LogP contribution in [0.2, 0.25) is 0 Å². The molecule has 1 aromatic rings. The summed E-state index contributed by atoms with van der Waals surface area (Å²) >= 11 is 0. The zero-order valence-electron chi connectivity index (χ0n) is 12.2. The fraction of sp³-hybridized carbons (Fsp3) is 0.600. The topological polar surface area (TPSA) is 66.6 Å². The Balaban J connectivity index is 1.70. The molecule has 0 atom stereocenters. The molecular formula is C15H23N3O2S. The summed E-state index contributed by atoms with van der Waals surface area (Å²) < 4.78 is 26.9. The average Bonchev–Trinajstić information content (AvgIpc) is 3.02. The highest BCUT2D eigenvalue weighted by Gasteiger charge is 2.33. The second-order valence-electron chi connectivity index (χ2n) is 5.92. The highest BCUT2D eigenvalue weighted by atomic mass is 32.2. The van der Waals surface area contributed by atoms with Gasteiger partial charge in [-0.05, 0) is 50.9 Å². The lowest BCUT2D eigenvalue weighted by molar-refractivity contribution is 0.168. The highest BCUT2D eigenvalue weighted by molar-refractivity contribution is 7.89. The maximum absolute atomic E-state index is 12.7. The molecule has 2 saturated heterocycles. The first-order valence-corrected chi connectivity index (χ1v) is 9.12. The van der Waals surface area contributed by atoms with E-state index in [0.717, 1.165) is 12.8 Å². The Morgan fingerprint density at radius 2 is 1.62 bits per heavy atom. The first-order chi connectivity index (χ1) is 10.1. The van der Waals surface area contributed by atoms with E-state index < -0.39 is 10.0 Å². The number of para-hydroxylation sites is 1. The normalized spacial score (nSPS) is 22.7. The Morgan fingerprint density at radius 1 is 1.00 bits per heavy atom. The van der Waals surface area contributed by atoms with E-state index in [1.807, 2.05) is 0 Å². The SMILES string of the molecule is Nc1ccccc1S(=O)(=O)N1CCC(N2CCCC2)CC1. The Kier molecular flexibility index (Phi) is 4.19. The molecule has 21 heavy (non-hydrogen) atoms. The fourth-order valence-electron chi connectivity index (χ4n) is 3.41. The molecule has 116 valence electrons. The van der Waals surface area contributed by atoms with Gasteiger partial charge >= 0.3 is 0 Å². The molecule has 0 saturated carbocycles. The number of likely N-dealkylation sites (tertiary alicyclic amines) is 1. The molecule has 6 heteroatoms. The average molecular weight is 309 g/mol. The summed E-state index contributed by atoms with van der Waals surface area (Å²) in [5, 5.41) is 0. The van der Waals surface area contributed by atoms with Gasteiger partial charge in [-0.15, -0.1) is 0 Å². The molecule has 3 rings (SSSR count). The molecule has 0 aliphatic carbocycles. The molecular weight excluding hydrogens is 286 g/mol. The van der Waals surface area contributed by atoms with Crippen LogP contribution in [0.4, 0.5) is 5.69 Å². The summed E-state index contributed by atoms with van der Waals surface area (Å²) in [4.78, 5) is 2.76. The van der Waals surface area contributed by atoms with Crippen LogP contribution >= 0.6 is 0 Å². The van der Waals surface area contributed by atoms with Crippen LogP contribution < -0.4 is 5.73 Å². The van der Waals surface area contributed by atoms with E-state index in [1.165, 1.54) is 25.9 Å². The Morgan fingerprint density at radius 3 is 2.24 bits per heavy atom. The molecule has 0 amide bonds. The molecule has 2 heterocycles. The van der Waals surface area contributed by atoms with Gasteiger partial charge in [-0.1, -0.05) is 12.1 Å². The van der Waals surface area contributed by atoms with Gasteiger partial charge < -0.3 is 10.6 Å². The molecule has 0 unspecified atom stereocenters. The van der Waals surface area contributed by atoms with Gasteiger partial charge in [-0.25, -0.2) is 8.42 Å². The molecule has 2 aliphatic heterocycles. The molecule has 5 nitrogen and oxygen atoms in total. The maximum Gasteiger partial charge on any atom is 0.245 e. The maximum atomic E-state index is 12.7. The summed E-state index contributed by atoms with van der Waals surface area (Å²) in [6.07, 6.45) is 4.40. The summed E-state index contributed by atoms with van der Waals surface area (Å²) in [7, 11) is -3.45. The minimum absolute atomic E-state index is 0.240. The quantitative estimate of drug-likeness (QED) is 0.860. The number of hydrogen-bond donors (Lipinski definition) is 1. The number of anilines is 1. The van der Waals surface area contributed by atoms with E-state index in [-0.39, 0.29) is 4.90 Å². The van der Waals surface area contributed by atoms with Crippen LogP contribution in [0.25, 0.3) is 0 Å². The minimum atomic E-state index is -3.45. The van der Waals surface area contributed by atoms with Crippen LogP contribution in [-0.4, -0.2) is 49.8 Å². The van der Waals surface area contributed by atoms with E-state index >= 15 is 0 Å². The number of piperidine rings is 1. The van der Waals surface area contributed by atoms with Crippen molar-refractivity contribution in [2.75, 3.05) is 31.9 Å². The van der Waals surface area contributed by atoms with E-state index in [2.05, 4.69) is 4.90 Å². The van der Waals surface area contributed by atoms with Crippen LogP contribution in [-0.2, 0) is 10.0 Å².